The predicted molar refractivity (Wildman–Crippen MR) is 90.5 cm³/mol. The van der Waals surface area contributed by atoms with Gasteiger partial charge in [-0.05, 0) is 39.4 Å². The predicted octanol–water partition coefficient (Wildman–Crippen LogP) is 2.48. The molecule has 1 aromatic heterocycles. The summed E-state index contributed by atoms with van der Waals surface area (Å²) in [5, 5.41) is 3.45. The van der Waals surface area contributed by atoms with E-state index < -0.39 is 0 Å². The van der Waals surface area contributed by atoms with Crippen molar-refractivity contribution in [3.05, 3.63) is 23.0 Å². The third kappa shape index (κ3) is 4.72. The second-order valence-corrected chi connectivity index (χ2v) is 5.44. The summed E-state index contributed by atoms with van der Waals surface area (Å²) in [5.74, 6) is 0. The number of nitrogens with two attached hydrogens (primary N) is 1. The number of aromatic nitrogens is 1. The summed E-state index contributed by atoms with van der Waals surface area (Å²) in [7, 11) is 0. The van der Waals surface area contributed by atoms with Crippen molar-refractivity contribution in [3.63, 3.8) is 0 Å². The van der Waals surface area contributed by atoms with E-state index in [1.54, 1.807) is 0 Å². The highest BCUT2D eigenvalue weighted by atomic mass is 32.1. The first-order valence-corrected chi connectivity index (χ1v) is 7.64. The zero-order chi connectivity index (χ0) is 15.1. The highest BCUT2D eigenvalue weighted by Crippen LogP contribution is 2.19. The van der Waals surface area contributed by atoms with Gasteiger partial charge in [-0.25, -0.2) is 0 Å². The van der Waals surface area contributed by atoms with E-state index in [9.17, 15) is 0 Å². The van der Waals surface area contributed by atoms with E-state index in [4.69, 9.17) is 18.0 Å². The molecule has 1 aromatic rings. The Kier molecular flexibility index (Phi) is 6.88. The fourth-order valence-corrected chi connectivity index (χ4v) is 2.63. The Balaban J connectivity index is 2.74. The highest BCUT2D eigenvalue weighted by molar-refractivity contribution is 7.80. The van der Waals surface area contributed by atoms with Gasteiger partial charge in [0.1, 0.15) is 4.99 Å². The summed E-state index contributed by atoms with van der Waals surface area (Å²) in [5.41, 5.74) is 9.54. The monoisotopic (exact) mass is 294 g/mol. The van der Waals surface area contributed by atoms with Crippen LogP contribution in [0.4, 0.5) is 5.69 Å². The molecule has 0 saturated heterocycles. The highest BCUT2D eigenvalue weighted by Gasteiger charge is 2.11. The van der Waals surface area contributed by atoms with Crippen LogP contribution < -0.4 is 11.1 Å². The minimum Gasteiger partial charge on any atom is -0.389 e. The largest absolute Gasteiger partial charge is 0.389 e. The molecular formula is C15H26N4S. The lowest BCUT2D eigenvalue weighted by Crippen LogP contribution is -2.30. The Hall–Kier alpha value is -1.20. The van der Waals surface area contributed by atoms with E-state index in [2.05, 4.69) is 29.0 Å². The maximum Gasteiger partial charge on any atom is 0.107 e. The zero-order valence-corrected chi connectivity index (χ0v) is 13.8. The molecule has 3 N–H and O–H groups in total. The summed E-state index contributed by atoms with van der Waals surface area (Å²) in [4.78, 5) is 7.25. The first-order valence-electron chi connectivity index (χ1n) is 7.23. The second kappa shape index (κ2) is 8.17. The van der Waals surface area contributed by atoms with E-state index in [0.29, 0.717) is 4.99 Å². The van der Waals surface area contributed by atoms with E-state index >= 15 is 0 Å². The van der Waals surface area contributed by atoms with Crippen LogP contribution in [0.15, 0.2) is 6.07 Å². The van der Waals surface area contributed by atoms with Crippen molar-refractivity contribution in [2.24, 2.45) is 5.73 Å². The van der Waals surface area contributed by atoms with Crippen LogP contribution in [0.1, 0.15) is 37.2 Å². The number of nitrogens with zero attached hydrogens (tertiary/aromatic N) is 2. The number of anilines is 1. The van der Waals surface area contributed by atoms with Gasteiger partial charge in [-0.1, -0.05) is 26.1 Å². The minimum absolute atomic E-state index is 0.401. The van der Waals surface area contributed by atoms with Crippen LogP contribution >= 0.6 is 12.2 Å². The molecule has 5 heteroatoms. The van der Waals surface area contributed by atoms with Crippen LogP contribution in [0.25, 0.3) is 0 Å². The maximum atomic E-state index is 5.81. The number of thiocarbonyl (C=S) groups is 1. The Labute approximate surface area is 127 Å². The van der Waals surface area contributed by atoms with E-state index in [1.165, 1.54) is 6.42 Å². The molecule has 0 aliphatic carbocycles. The number of hydrogen-bond donors (Lipinski definition) is 2. The van der Waals surface area contributed by atoms with Crippen molar-refractivity contribution < 1.29 is 0 Å². The molecule has 20 heavy (non-hydrogen) atoms. The smallest absolute Gasteiger partial charge is 0.107 e. The Morgan fingerprint density at radius 1 is 1.35 bits per heavy atom. The number of rotatable bonds is 8. The molecule has 0 aliphatic heterocycles. The van der Waals surface area contributed by atoms with Crippen molar-refractivity contribution in [1.29, 1.82) is 0 Å². The van der Waals surface area contributed by atoms with Gasteiger partial charge in [-0.15, -0.1) is 0 Å². The average molecular weight is 294 g/mol. The third-order valence-electron chi connectivity index (χ3n) is 3.31. The molecule has 0 saturated carbocycles. The van der Waals surface area contributed by atoms with Crippen LogP contribution in [-0.2, 0) is 0 Å². The van der Waals surface area contributed by atoms with Gasteiger partial charge in [0.05, 0.1) is 5.56 Å². The van der Waals surface area contributed by atoms with Gasteiger partial charge < -0.3 is 16.0 Å². The van der Waals surface area contributed by atoms with Crippen LogP contribution in [-0.4, -0.2) is 41.1 Å². The quantitative estimate of drug-likeness (QED) is 0.721. The summed E-state index contributed by atoms with van der Waals surface area (Å²) < 4.78 is 0. The summed E-state index contributed by atoms with van der Waals surface area (Å²) in [6.07, 6.45) is 1.18. The number of nitrogens with one attached hydrogen (secondary N) is 1. The summed E-state index contributed by atoms with van der Waals surface area (Å²) >= 11 is 5.13. The lowest BCUT2D eigenvalue weighted by molar-refractivity contribution is 0.300. The van der Waals surface area contributed by atoms with E-state index in [1.807, 2.05) is 19.9 Å². The molecule has 1 rings (SSSR count). The molecule has 0 unspecified atom stereocenters. The lowest BCUT2D eigenvalue weighted by Gasteiger charge is -2.21. The van der Waals surface area contributed by atoms with Crippen LogP contribution in [0.5, 0.6) is 0 Å². The van der Waals surface area contributed by atoms with Crippen molar-refractivity contribution in [1.82, 2.24) is 9.88 Å². The minimum atomic E-state index is 0.401. The van der Waals surface area contributed by atoms with Crippen molar-refractivity contribution >= 4 is 22.9 Å². The fourth-order valence-electron chi connectivity index (χ4n) is 2.37. The van der Waals surface area contributed by atoms with Gasteiger partial charge >= 0.3 is 0 Å². The van der Waals surface area contributed by atoms with Crippen molar-refractivity contribution in [2.75, 3.05) is 31.5 Å². The second-order valence-electron chi connectivity index (χ2n) is 5.00. The van der Waals surface area contributed by atoms with Gasteiger partial charge in [0, 0.05) is 30.2 Å². The standard InChI is InChI=1S/C15H26N4S/c1-5-8-19(6-2)9-7-17-13-10-11(3)18-12(4)14(13)15(16)20/h10H,5-9H2,1-4H3,(H2,16,20)(H,17,18). The molecule has 0 fully saturated rings. The Morgan fingerprint density at radius 3 is 2.60 bits per heavy atom. The molecule has 112 valence electrons. The molecule has 1 heterocycles. The molecule has 0 atom stereocenters. The normalized spacial score (nSPS) is 10.8. The first-order chi connectivity index (χ1) is 9.49. The van der Waals surface area contributed by atoms with Crippen LogP contribution in [0.3, 0.4) is 0 Å². The first kappa shape index (κ1) is 16.9. The molecule has 0 aromatic carbocycles. The lowest BCUT2D eigenvalue weighted by atomic mass is 10.1. The summed E-state index contributed by atoms with van der Waals surface area (Å²) in [6.45, 7) is 12.4. The zero-order valence-electron chi connectivity index (χ0n) is 13.0. The maximum absolute atomic E-state index is 5.81. The fraction of sp³-hybridized carbons (Fsp3) is 0.600. The summed E-state index contributed by atoms with van der Waals surface area (Å²) in [6, 6.07) is 2.01. The van der Waals surface area contributed by atoms with Gasteiger partial charge in [0.2, 0.25) is 0 Å². The number of pyridine rings is 1. The molecule has 0 amide bonds. The van der Waals surface area contributed by atoms with Gasteiger partial charge in [0.25, 0.3) is 0 Å². The molecular weight excluding hydrogens is 268 g/mol. The third-order valence-corrected chi connectivity index (χ3v) is 3.51. The van der Waals surface area contributed by atoms with E-state index in [-0.39, 0.29) is 0 Å². The van der Waals surface area contributed by atoms with Crippen LogP contribution in [0.2, 0.25) is 0 Å². The van der Waals surface area contributed by atoms with E-state index in [0.717, 1.165) is 48.8 Å². The molecule has 4 nitrogen and oxygen atoms in total. The molecule has 0 radical (unpaired) electrons. The average Bonchev–Trinajstić information content (AvgIpc) is 2.36. The Morgan fingerprint density at radius 2 is 2.05 bits per heavy atom. The topological polar surface area (TPSA) is 54.2 Å². The molecule has 0 spiro atoms. The van der Waals surface area contributed by atoms with Gasteiger partial charge in [-0.2, -0.15) is 0 Å². The Bertz CT molecular complexity index is 459. The SMILES string of the molecule is CCCN(CC)CCNc1cc(C)nc(C)c1C(N)=S. The number of aryl methyl sites for hydroxylation is 2. The van der Waals surface area contributed by atoms with Gasteiger partial charge in [0.15, 0.2) is 0 Å². The van der Waals surface area contributed by atoms with Crippen LogP contribution in [0, 0.1) is 13.8 Å². The van der Waals surface area contributed by atoms with Crippen molar-refractivity contribution in [2.45, 2.75) is 34.1 Å². The number of likely N-dealkylation sites (N-methyl/N-ethyl adjacent to an activating group) is 1. The molecule has 0 aliphatic rings. The molecule has 0 bridgehead atoms. The van der Waals surface area contributed by atoms with Gasteiger partial charge in [-0.3, -0.25) is 4.98 Å². The van der Waals surface area contributed by atoms with Crippen molar-refractivity contribution in [3.8, 4) is 0 Å². The number of hydrogen-bond acceptors (Lipinski definition) is 4.